The molecule has 2 fully saturated rings. The van der Waals surface area contributed by atoms with Crippen LogP contribution >= 0.6 is 0 Å². The zero-order valence-corrected chi connectivity index (χ0v) is 19.7. The molecule has 0 spiro atoms. The molecule has 0 aromatic heterocycles. The third kappa shape index (κ3) is 5.62. The van der Waals surface area contributed by atoms with Gasteiger partial charge in [-0.3, -0.25) is 0 Å². The Morgan fingerprint density at radius 3 is 2.71 bits per heavy atom. The van der Waals surface area contributed by atoms with Gasteiger partial charge in [-0.15, -0.1) is 6.58 Å². The molecule has 0 saturated heterocycles. The van der Waals surface area contributed by atoms with Crippen molar-refractivity contribution in [2.45, 2.75) is 109 Å². The van der Waals surface area contributed by atoms with Crippen molar-refractivity contribution >= 4 is 0 Å². The number of hydrogen-bond acceptors (Lipinski definition) is 1. The topological polar surface area (TPSA) is 9.23 Å². The van der Waals surface area contributed by atoms with Gasteiger partial charge in [-0.1, -0.05) is 57.2 Å². The summed E-state index contributed by atoms with van der Waals surface area (Å²) in [4.78, 5) is 0. The molecule has 1 aromatic rings. The highest BCUT2D eigenvalue weighted by molar-refractivity contribution is 5.38. The Balaban J connectivity index is 1.35. The Morgan fingerprint density at radius 1 is 1.03 bits per heavy atom. The van der Waals surface area contributed by atoms with Gasteiger partial charge >= 0.3 is 0 Å². The highest BCUT2D eigenvalue weighted by Crippen LogP contribution is 2.47. The Labute approximate surface area is 189 Å². The van der Waals surface area contributed by atoms with E-state index < -0.39 is 0 Å². The monoisotopic (exact) mass is 426 g/mol. The number of hydrogen-bond donors (Lipinski definition) is 0. The second-order valence-corrected chi connectivity index (χ2v) is 10.7. The van der Waals surface area contributed by atoms with Crippen molar-refractivity contribution < 1.29 is 9.13 Å². The zero-order valence-electron chi connectivity index (χ0n) is 19.7. The summed E-state index contributed by atoms with van der Waals surface area (Å²) < 4.78 is 21.6. The molecule has 3 aliphatic rings. The third-order valence-corrected chi connectivity index (χ3v) is 8.60. The maximum Gasteiger partial charge on any atom is 0.130 e. The van der Waals surface area contributed by atoms with E-state index in [1.165, 1.54) is 69.8 Å². The fourth-order valence-corrected chi connectivity index (χ4v) is 6.81. The summed E-state index contributed by atoms with van der Waals surface area (Å²) in [5.74, 6) is 2.88. The van der Waals surface area contributed by atoms with Crippen molar-refractivity contribution in [2.24, 2.45) is 17.8 Å². The predicted molar refractivity (Wildman–Crippen MR) is 128 cm³/mol. The molecular formula is C29H43FO. The summed E-state index contributed by atoms with van der Waals surface area (Å²) in [6.07, 6.45) is 19.3. The Hall–Kier alpha value is -1.15. The smallest absolute Gasteiger partial charge is 0.130 e. The first-order valence-corrected chi connectivity index (χ1v) is 13.2. The van der Waals surface area contributed by atoms with Gasteiger partial charge in [-0.25, -0.2) is 4.39 Å². The second kappa shape index (κ2) is 11.1. The predicted octanol–water partition coefficient (Wildman–Crippen LogP) is 8.16. The van der Waals surface area contributed by atoms with Crippen LogP contribution in [0.5, 0.6) is 0 Å². The van der Waals surface area contributed by atoms with Gasteiger partial charge in [-0.05, 0) is 98.1 Å². The summed E-state index contributed by atoms with van der Waals surface area (Å²) in [7, 11) is 0. The molecule has 0 radical (unpaired) electrons. The molecule has 3 aliphatic carbocycles. The molecule has 0 heterocycles. The average Bonchev–Trinajstić information content (AvgIpc) is 2.80. The summed E-state index contributed by atoms with van der Waals surface area (Å²) in [5, 5.41) is 0. The minimum atomic E-state index is 0.161. The lowest BCUT2D eigenvalue weighted by Gasteiger charge is -2.42. The van der Waals surface area contributed by atoms with Gasteiger partial charge in [-0.2, -0.15) is 0 Å². The minimum absolute atomic E-state index is 0.161. The van der Waals surface area contributed by atoms with E-state index in [1.54, 1.807) is 0 Å². The van der Waals surface area contributed by atoms with E-state index in [1.807, 2.05) is 6.08 Å². The van der Waals surface area contributed by atoms with Gasteiger partial charge in [0.2, 0.25) is 0 Å². The van der Waals surface area contributed by atoms with E-state index in [0.29, 0.717) is 18.6 Å². The molecule has 0 aliphatic heterocycles. The molecule has 0 amide bonds. The number of ether oxygens (including phenoxy) is 1. The molecule has 0 bridgehead atoms. The van der Waals surface area contributed by atoms with E-state index in [0.717, 1.165) is 54.6 Å². The van der Waals surface area contributed by atoms with Crippen LogP contribution in [0.2, 0.25) is 0 Å². The number of unbranched alkanes of at least 4 members (excludes halogenated alkanes) is 3. The number of benzene rings is 1. The third-order valence-electron chi connectivity index (χ3n) is 8.60. The molecule has 1 aromatic carbocycles. The first-order valence-electron chi connectivity index (χ1n) is 13.2. The van der Waals surface area contributed by atoms with Gasteiger partial charge in [0.15, 0.2) is 0 Å². The minimum Gasteiger partial charge on any atom is -0.374 e. The Bertz CT molecular complexity index is 726. The van der Waals surface area contributed by atoms with E-state index >= 15 is 4.39 Å². The Morgan fingerprint density at radius 2 is 1.87 bits per heavy atom. The first-order chi connectivity index (χ1) is 15.2. The van der Waals surface area contributed by atoms with E-state index in [9.17, 15) is 0 Å². The molecule has 1 nitrogen and oxygen atoms in total. The van der Waals surface area contributed by atoms with E-state index in [2.05, 4.69) is 25.6 Å². The maximum absolute atomic E-state index is 15.6. The number of halogens is 1. The molecule has 0 N–H and O–H groups in total. The first kappa shape index (κ1) is 23.0. The van der Waals surface area contributed by atoms with E-state index in [-0.39, 0.29) is 5.82 Å². The number of rotatable bonds is 9. The van der Waals surface area contributed by atoms with E-state index in [4.69, 9.17) is 4.74 Å². The molecule has 5 atom stereocenters. The van der Waals surface area contributed by atoms with Crippen LogP contribution in [-0.4, -0.2) is 12.7 Å². The SMILES string of the molecule is C=CCOC1CCC2CC(c3ccc4c(c3F)CCC(CCCCCC)C4)CCC2C1. The second-order valence-electron chi connectivity index (χ2n) is 10.7. The molecule has 5 unspecified atom stereocenters. The average molecular weight is 427 g/mol. The molecule has 4 rings (SSSR count). The lowest BCUT2D eigenvalue weighted by atomic mass is 9.65. The van der Waals surface area contributed by atoms with Crippen LogP contribution in [0.4, 0.5) is 4.39 Å². The fourth-order valence-electron chi connectivity index (χ4n) is 6.81. The molecule has 2 saturated carbocycles. The van der Waals surface area contributed by atoms with Gasteiger partial charge in [0.25, 0.3) is 0 Å². The quantitative estimate of drug-likeness (QED) is 0.286. The maximum atomic E-state index is 15.6. The van der Waals surface area contributed by atoms with Crippen molar-refractivity contribution in [2.75, 3.05) is 6.61 Å². The Kier molecular flexibility index (Phi) is 8.26. The summed E-state index contributed by atoms with van der Waals surface area (Å²) >= 11 is 0. The van der Waals surface area contributed by atoms with Gasteiger partial charge < -0.3 is 4.74 Å². The normalized spacial score (nSPS) is 30.5. The van der Waals surface area contributed by atoms with Crippen molar-refractivity contribution in [3.63, 3.8) is 0 Å². The summed E-state index contributed by atoms with van der Waals surface area (Å²) in [6, 6.07) is 4.45. The van der Waals surface area contributed by atoms with Crippen molar-refractivity contribution in [3.05, 3.63) is 47.3 Å². The van der Waals surface area contributed by atoms with Crippen molar-refractivity contribution in [1.82, 2.24) is 0 Å². The van der Waals surface area contributed by atoms with Crippen LogP contribution < -0.4 is 0 Å². The number of fused-ring (bicyclic) bond motifs is 2. The molecule has 2 heteroatoms. The largest absolute Gasteiger partial charge is 0.374 e. The van der Waals surface area contributed by atoms with Crippen LogP contribution in [-0.2, 0) is 17.6 Å². The van der Waals surface area contributed by atoms with Crippen LogP contribution in [0, 0.1) is 23.6 Å². The highest BCUT2D eigenvalue weighted by Gasteiger charge is 2.37. The van der Waals surface area contributed by atoms with Crippen LogP contribution in [0.15, 0.2) is 24.8 Å². The van der Waals surface area contributed by atoms with Crippen LogP contribution in [0.25, 0.3) is 0 Å². The summed E-state index contributed by atoms with van der Waals surface area (Å²) in [5.41, 5.74) is 3.40. The highest BCUT2D eigenvalue weighted by atomic mass is 19.1. The van der Waals surface area contributed by atoms with Gasteiger partial charge in [0.1, 0.15) is 5.82 Å². The molecular weight excluding hydrogens is 383 g/mol. The molecule has 31 heavy (non-hydrogen) atoms. The van der Waals surface area contributed by atoms with Crippen LogP contribution in [0.3, 0.4) is 0 Å². The van der Waals surface area contributed by atoms with Gasteiger partial charge in [0, 0.05) is 0 Å². The fraction of sp³-hybridized carbons (Fsp3) is 0.724. The lowest BCUT2D eigenvalue weighted by molar-refractivity contribution is -0.00325. The standard InChI is InChI=1S/C29H43FO/c1-3-5-6-7-8-21-9-15-27-24(18-21)13-16-28(29(27)30)25-11-10-23-20-26(31-17-4-2)14-12-22(23)19-25/h4,13,16,21-23,25-26H,2-3,5-12,14-15,17-20H2,1H3. The van der Waals surface area contributed by atoms with Gasteiger partial charge in [0.05, 0.1) is 12.7 Å². The zero-order chi connectivity index (χ0) is 21.6. The molecule has 172 valence electrons. The van der Waals surface area contributed by atoms with Crippen molar-refractivity contribution in [3.8, 4) is 0 Å². The lowest BCUT2D eigenvalue weighted by Crippen LogP contribution is -2.34. The van der Waals surface area contributed by atoms with Crippen molar-refractivity contribution in [1.29, 1.82) is 0 Å². The van der Waals surface area contributed by atoms with Crippen LogP contribution in [0.1, 0.15) is 107 Å². The summed E-state index contributed by atoms with van der Waals surface area (Å²) in [6.45, 7) is 6.71.